The maximum absolute atomic E-state index is 12.5. The Balaban J connectivity index is 1.84. The van der Waals surface area contributed by atoms with Crippen LogP contribution >= 0.6 is 22.9 Å². The molecular formula is C18H15ClN2O3S. The monoisotopic (exact) mass is 374 g/mol. The third-order valence-electron chi connectivity index (χ3n) is 3.48. The molecule has 0 aliphatic heterocycles. The number of benzene rings is 2. The van der Waals surface area contributed by atoms with Crippen molar-refractivity contribution in [1.82, 2.24) is 4.98 Å². The lowest BCUT2D eigenvalue weighted by molar-refractivity contribution is 0.102. The van der Waals surface area contributed by atoms with Gasteiger partial charge in [0.1, 0.15) is 22.2 Å². The second kappa shape index (κ2) is 7.55. The first-order chi connectivity index (χ1) is 12.1. The van der Waals surface area contributed by atoms with Gasteiger partial charge in [-0.25, -0.2) is 4.98 Å². The summed E-state index contributed by atoms with van der Waals surface area (Å²) in [6.45, 7) is 0. The number of halogens is 1. The number of thiazole rings is 1. The average molecular weight is 375 g/mol. The molecule has 0 spiro atoms. The summed E-state index contributed by atoms with van der Waals surface area (Å²) in [5.41, 5.74) is 1.75. The highest BCUT2D eigenvalue weighted by atomic mass is 35.5. The fraction of sp³-hybridized carbons (Fsp3) is 0.111. The lowest BCUT2D eigenvalue weighted by Gasteiger charge is -2.12. The molecule has 1 aromatic heterocycles. The molecule has 3 rings (SSSR count). The summed E-state index contributed by atoms with van der Waals surface area (Å²) < 4.78 is 10.4. The molecule has 128 valence electrons. The van der Waals surface area contributed by atoms with Gasteiger partial charge in [0.05, 0.1) is 24.9 Å². The molecule has 0 radical (unpaired) electrons. The van der Waals surface area contributed by atoms with Gasteiger partial charge in [-0.15, -0.1) is 11.3 Å². The Labute approximate surface area is 154 Å². The van der Waals surface area contributed by atoms with Crippen LogP contribution in [0.1, 0.15) is 10.5 Å². The second-order valence-electron chi connectivity index (χ2n) is 5.05. The molecule has 1 heterocycles. The van der Waals surface area contributed by atoms with Crippen molar-refractivity contribution in [2.45, 2.75) is 0 Å². The first-order valence-corrected chi connectivity index (χ1v) is 8.62. The SMILES string of the molecule is COc1cc(OC)c(NC(=O)c2csc(-c3ccccc3)n2)cc1Cl. The lowest BCUT2D eigenvalue weighted by Crippen LogP contribution is -2.13. The van der Waals surface area contributed by atoms with Crippen LogP contribution in [0.15, 0.2) is 47.8 Å². The van der Waals surface area contributed by atoms with E-state index in [1.165, 1.54) is 25.6 Å². The van der Waals surface area contributed by atoms with Gasteiger partial charge in [0.15, 0.2) is 0 Å². The molecule has 0 bridgehead atoms. The topological polar surface area (TPSA) is 60.5 Å². The number of carbonyl (C=O) groups is 1. The summed E-state index contributed by atoms with van der Waals surface area (Å²) in [6.07, 6.45) is 0. The molecule has 0 saturated heterocycles. The van der Waals surface area contributed by atoms with E-state index in [-0.39, 0.29) is 5.91 Å². The molecule has 1 amide bonds. The fourth-order valence-electron chi connectivity index (χ4n) is 2.24. The van der Waals surface area contributed by atoms with Gasteiger partial charge in [0.25, 0.3) is 5.91 Å². The van der Waals surface area contributed by atoms with Crippen LogP contribution < -0.4 is 14.8 Å². The number of ether oxygens (including phenoxy) is 2. The summed E-state index contributed by atoms with van der Waals surface area (Å²) in [4.78, 5) is 16.9. The summed E-state index contributed by atoms with van der Waals surface area (Å²) in [5, 5.41) is 5.65. The number of amides is 1. The first-order valence-electron chi connectivity index (χ1n) is 7.36. The highest BCUT2D eigenvalue weighted by molar-refractivity contribution is 7.13. The van der Waals surface area contributed by atoms with Gasteiger partial charge in [0.2, 0.25) is 0 Å². The fourth-order valence-corrected chi connectivity index (χ4v) is 3.28. The van der Waals surface area contributed by atoms with Gasteiger partial charge in [-0.1, -0.05) is 41.9 Å². The van der Waals surface area contributed by atoms with E-state index in [9.17, 15) is 4.79 Å². The lowest BCUT2D eigenvalue weighted by atomic mass is 10.2. The van der Waals surface area contributed by atoms with Crippen LogP contribution in [0.25, 0.3) is 10.6 Å². The number of nitrogens with zero attached hydrogens (tertiary/aromatic N) is 1. The minimum Gasteiger partial charge on any atom is -0.495 e. The molecular weight excluding hydrogens is 360 g/mol. The summed E-state index contributed by atoms with van der Waals surface area (Å²) >= 11 is 7.54. The molecule has 0 atom stereocenters. The van der Waals surface area contributed by atoms with Crippen molar-refractivity contribution in [3.63, 3.8) is 0 Å². The van der Waals surface area contributed by atoms with Crippen molar-refractivity contribution in [3.05, 3.63) is 58.6 Å². The zero-order valence-corrected chi connectivity index (χ0v) is 15.1. The average Bonchev–Trinajstić information content (AvgIpc) is 3.13. The van der Waals surface area contributed by atoms with Gasteiger partial charge >= 0.3 is 0 Å². The number of carbonyl (C=O) groups excluding carboxylic acids is 1. The number of hydrogen-bond acceptors (Lipinski definition) is 5. The third-order valence-corrected chi connectivity index (χ3v) is 4.67. The number of methoxy groups -OCH3 is 2. The third kappa shape index (κ3) is 3.75. The van der Waals surface area contributed by atoms with Crippen molar-refractivity contribution in [1.29, 1.82) is 0 Å². The maximum Gasteiger partial charge on any atom is 0.275 e. The Hall–Kier alpha value is -2.57. The molecule has 3 aromatic rings. The predicted octanol–water partition coefficient (Wildman–Crippen LogP) is 4.73. The van der Waals surface area contributed by atoms with Crippen molar-refractivity contribution in [2.24, 2.45) is 0 Å². The zero-order valence-electron chi connectivity index (χ0n) is 13.6. The van der Waals surface area contributed by atoms with Gasteiger partial charge in [-0.2, -0.15) is 0 Å². The van der Waals surface area contributed by atoms with Crippen LogP contribution in [-0.4, -0.2) is 25.1 Å². The molecule has 2 aromatic carbocycles. The molecule has 0 saturated carbocycles. The van der Waals surface area contributed by atoms with E-state index in [2.05, 4.69) is 10.3 Å². The summed E-state index contributed by atoms with van der Waals surface area (Å²) in [7, 11) is 3.02. The number of rotatable bonds is 5. The molecule has 0 aliphatic carbocycles. The molecule has 0 fully saturated rings. The normalized spacial score (nSPS) is 10.4. The number of aromatic nitrogens is 1. The Morgan fingerprint density at radius 2 is 1.84 bits per heavy atom. The van der Waals surface area contributed by atoms with Crippen molar-refractivity contribution >= 4 is 34.5 Å². The van der Waals surface area contributed by atoms with Crippen LogP contribution in [0.5, 0.6) is 11.5 Å². The molecule has 0 unspecified atom stereocenters. The van der Waals surface area contributed by atoms with Gasteiger partial charge < -0.3 is 14.8 Å². The zero-order chi connectivity index (χ0) is 17.8. The molecule has 25 heavy (non-hydrogen) atoms. The minimum absolute atomic E-state index is 0.331. The van der Waals surface area contributed by atoms with E-state index in [1.54, 1.807) is 17.5 Å². The molecule has 0 aliphatic rings. The standard InChI is InChI=1S/C18H15ClN2O3S/c1-23-15-9-16(24-2)13(8-12(15)19)20-17(22)14-10-25-18(21-14)11-6-4-3-5-7-11/h3-10H,1-2H3,(H,20,22). The summed E-state index contributed by atoms with van der Waals surface area (Å²) in [6, 6.07) is 12.9. The molecule has 1 N–H and O–H groups in total. The Morgan fingerprint density at radius 3 is 2.52 bits per heavy atom. The van der Waals surface area contributed by atoms with Crippen LogP contribution in [0.2, 0.25) is 5.02 Å². The Kier molecular flexibility index (Phi) is 5.21. The largest absolute Gasteiger partial charge is 0.495 e. The van der Waals surface area contributed by atoms with Crippen LogP contribution in [0.3, 0.4) is 0 Å². The molecule has 7 heteroatoms. The Bertz CT molecular complexity index is 897. The van der Waals surface area contributed by atoms with E-state index in [4.69, 9.17) is 21.1 Å². The van der Waals surface area contributed by atoms with Crippen molar-refractivity contribution in [3.8, 4) is 22.1 Å². The number of nitrogens with one attached hydrogen (secondary N) is 1. The Morgan fingerprint density at radius 1 is 1.12 bits per heavy atom. The highest BCUT2D eigenvalue weighted by Crippen LogP contribution is 2.36. The number of anilines is 1. The van der Waals surface area contributed by atoms with Gasteiger partial charge in [-0.3, -0.25) is 4.79 Å². The molecule has 5 nitrogen and oxygen atoms in total. The van der Waals surface area contributed by atoms with Gasteiger partial charge in [0, 0.05) is 17.0 Å². The van der Waals surface area contributed by atoms with E-state index in [1.807, 2.05) is 30.3 Å². The van der Waals surface area contributed by atoms with Crippen molar-refractivity contribution < 1.29 is 14.3 Å². The number of hydrogen-bond donors (Lipinski definition) is 1. The van der Waals surface area contributed by atoms with E-state index >= 15 is 0 Å². The minimum atomic E-state index is -0.335. The van der Waals surface area contributed by atoms with Crippen LogP contribution in [0, 0.1) is 0 Å². The predicted molar refractivity (Wildman–Crippen MR) is 100 cm³/mol. The van der Waals surface area contributed by atoms with Crippen molar-refractivity contribution in [2.75, 3.05) is 19.5 Å². The highest BCUT2D eigenvalue weighted by Gasteiger charge is 2.16. The first kappa shape index (κ1) is 17.3. The van der Waals surface area contributed by atoms with Gasteiger partial charge in [-0.05, 0) is 6.07 Å². The van der Waals surface area contributed by atoms with E-state index in [0.717, 1.165) is 10.6 Å². The van der Waals surface area contributed by atoms with E-state index < -0.39 is 0 Å². The van der Waals surface area contributed by atoms with E-state index in [0.29, 0.717) is 27.9 Å². The quantitative estimate of drug-likeness (QED) is 0.701. The maximum atomic E-state index is 12.5. The van der Waals surface area contributed by atoms with Crippen LogP contribution in [0.4, 0.5) is 5.69 Å². The smallest absolute Gasteiger partial charge is 0.275 e. The second-order valence-corrected chi connectivity index (χ2v) is 6.31. The van der Waals surface area contributed by atoms with Crippen LogP contribution in [-0.2, 0) is 0 Å². The summed E-state index contributed by atoms with van der Waals surface area (Å²) in [5.74, 6) is 0.586.